The molecule has 0 bridgehead atoms. The van der Waals surface area contributed by atoms with Crippen molar-refractivity contribution in [3.8, 4) is 0 Å². The van der Waals surface area contributed by atoms with Crippen LogP contribution in [0.3, 0.4) is 0 Å². The first-order valence-corrected chi connectivity index (χ1v) is 32.9. The molecule has 0 unspecified atom stereocenters. The average molecular weight is 1050 g/mol. The second-order valence-corrected chi connectivity index (χ2v) is 22.7. The summed E-state index contributed by atoms with van der Waals surface area (Å²) >= 11 is 0. The quantitative estimate of drug-likeness (QED) is 0.0341. The second kappa shape index (κ2) is 62.1. The molecule has 0 radical (unpaired) electrons. The second-order valence-electron chi connectivity index (χ2n) is 22.7. The molecule has 0 aliphatic heterocycles. The van der Waals surface area contributed by atoms with Gasteiger partial charge in [-0.3, -0.25) is 19.3 Å². The maximum atomic E-state index is 13.1. The Kier molecular flexibility index (Phi) is 62.4. The zero-order valence-corrected chi connectivity index (χ0v) is 51.6. The van der Waals surface area contributed by atoms with Gasteiger partial charge in [-0.1, -0.05) is 266 Å². The number of unbranched alkanes of at least 4 members (excludes halogenated alkanes) is 35. The number of esters is 1. The van der Waals surface area contributed by atoms with E-state index in [1.165, 1.54) is 270 Å². The molecule has 0 atom stereocenters. The van der Waals surface area contributed by atoms with Crippen molar-refractivity contribution in [3.63, 3.8) is 0 Å². The van der Waals surface area contributed by atoms with Crippen LogP contribution in [0, 0.1) is 0 Å². The Morgan fingerprint density at radius 3 is 1.01 bits per heavy atom. The van der Waals surface area contributed by atoms with Crippen LogP contribution in [0.1, 0.15) is 311 Å². The topological polar surface area (TPSA) is 76.6 Å². The monoisotopic (exact) mass is 1050 g/mol. The molecule has 0 aromatic heterocycles. The van der Waals surface area contributed by atoms with Gasteiger partial charge in [-0.2, -0.15) is 0 Å². The van der Waals surface area contributed by atoms with Crippen LogP contribution < -0.4 is 0 Å². The predicted octanol–water partition coefficient (Wildman–Crippen LogP) is 17.5. The minimum Gasteiger partial charge on any atom is -0.466 e. The molecule has 74 heavy (non-hydrogen) atoms. The van der Waals surface area contributed by atoms with E-state index in [0.717, 1.165) is 52.0 Å². The molecule has 0 saturated carbocycles. The summed E-state index contributed by atoms with van der Waals surface area (Å²) in [5.74, 6) is 0.172. The number of carbonyl (C=O) groups excluding carboxylic acids is 3. The summed E-state index contributed by atoms with van der Waals surface area (Å²) in [5.41, 5.74) is 0. The Hall–Kier alpha value is -1.71. The standard InChI is InChI=1S/C36H74N4O2.C29H59NO2/c1-6-9-12-15-18-21-24-27-39(28-25-22-19-16-13-10-7-2)32-33-40(29-26-23-20-17-14-11-8-3)34-36(42)38(5)31-30-37(4)35-41;1-4-7-9-11-13-14-15-16-17-19-21-23-26-30(6-3)27-24-28-32-29(31)25-22-20-18-12-10-8-5-2/h35H,6-34H2,1-5H3;4-28H2,1-3H3. The van der Waals surface area contributed by atoms with Gasteiger partial charge in [-0.05, 0) is 71.2 Å². The lowest BCUT2D eigenvalue weighted by Gasteiger charge is -2.29. The highest BCUT2D eigenvalue weighted by molar-refractivity contribution is 5.78. The van der Waals surface area contributed by atoms with Gasteiger partial charge in [0, 0.05) is 53.2 Å². The number of hydrogen-bond acceptors (Lipinski definition) is 7. The molecule has 0 N–H and O–H groups in total. The zero-order chi connectivity index (χ0) is 54.6. The van der Waals surface area contributed by atoms with Gasteiger partial charge in [-0.15, -0.1) is 0 Å². The normalized spacial score (nSPS) is 11.4. The number of amides is 2. The van der Waals surface area contributed by atoms with Crippen LogP contribution in [0.5, 0.6) is 0 Å². The Morgan fingerprint density at radius 2 is 0.649 bits per heavy atom. The molecule has 2 amide bonds. The van der Waals surface area contributed by atoms with Crippen molar-refractivity contribution < 1.29 is 19.1 Å². The third-order valence-electron chi connectivity index (χ3n) is 15.4. The molecule has 0 fully saturated rings. The van der Waals surface area contributed by atoms with Gasteiger partial charge in [-0.25, -0.2) is 0 Å². The number of rotatable bonds is 59. The van der Waals surface area contributed by atoms with E-state index in [4.69, 9.17) is 4.74 Å². The molecule has 0 aromatic rings. The average Bonchev–Trinajstić information content (AvgIpc) is 3.40. The third kappa shape index (κ3) is 56.5. The molecule has 9 nitrogen and oxygen atoms in total. The Balaban J connectivity index is 0. The number of hydrogen-bond donors (Lipinski definition) is 0. The zero-order valence-electron chi connectivity index (χ0n) is 51.6. The smallest absolute Gasteiger partial charge is 0.305 e. The van der Waals surface area contributed by atoms with Gasteiger partial charge in [0.05, 0.1) is 13.2 Å². The highest BCUT2D eigenvalue weighted by Gasteiger charge is 2.17. The van der Waals surface area contributed by atoms with Crippen LogP contribution in [0.25, 0.3) is 0 Å². The summed E-state index contributed by atoms with van der Waals surface area (Å²) in [6.45, 7) is 24.6. The first-order valence-electron chi connectivity index (χ1n) is 32.9. The number of nitrogens with zero attached hydrogens (tertiary/aromatic N) is 5. The van der Waals surface area contributed by atoms with Crippen molar-refractivity contribution in [2.45, 2.75) is 311 Å². The molecular weight excluding hydrogens is 915 g/mol. The summed E-state index contributed by atoms with van der Waals surface area (Å²) in [6.07, 6.45) is 56.0. The largest absolute Gasteiger partial charge is 0.466 e. The minimum absolute atomic E-state index is 0.00238. The van der Waals surface area contributed by atoms with Crippen LogP contribution in [0.15, 0.2) is 0 Å². The van der Waals surface area contributed by atoms with E-state index in [1.807, 2.05) is 7.05 Å². The number of carbonyl (C=O) groups is 3. The SMILES string of the molecule is CCCCCCCCCCCCCCN(CC)CCCOC(=O)CCCCCCCCC.CCCCCCCCCN(CCCCCCCCC)CCN(CCCCCCCCC)CC(=O)N(C)CCN(C)C=O. The Morgan fingerprint density at radius 1 is 0.338 bits per heavy atom. The van der Waals surface area contributed by atoms with E-state index in [2.05, 4.69) is 56.2 Å². The minimum atomic E-state index is 0.00238. The number of likely N-dealkylation sites (N-methyl/N-ethyl adjacent to an activating group) is 2. The highest BCUT2D eigenvalue weighted by atomic mass is 16.5. The summed E-state index contributed by atoms with van der Waals surface area (Å²) in [7, 11) is 3.64. The predicted molar refractivity (Wildman–Crippen MR) is 325 cm³/mol. The molecule has 0 rings (SSSR count). The maximum absolute atomic E-state index is 13.1. The van der Waals surface area contributed by atoms with Crippen molar-refractivity contribution in [2.75, 3.05) is 92.7 Å². The van der Waals surface area contributed by atoms with E-state index in [9.17, 15) is 14.4 Å². The molecule has 0 heterocycles. The van der Waals surface area contributed by atoms with Crippen LogP contribution in [0.2, 0.25) is 0 Å². The summed E-state index contributed by atoms with van der Waals surface area (Å²) in [6, 6.07) is 0. The molecule has 0 aromatic carbocycles. The van der Waals surface area contributed by atoms with Crippen molar-refractivity contribution >= 4 is 18.3 Å². The van der Waals surface area contributed by atoms with Gasteiger partial charge in [0.1, 0.15) is 0 Å². The summed E-state index contributed by atoms with van der Waals surface area (Å²) in [5, 5.41) is 0. The van der Waals surface area contributed by atoms with Gasteiger partial charge >= 0.3 is 5.97 Å². The van der Waals surface area contributed by atoms with Gasteiger partial charge in [0.25, 0.3) is 0 Å². The van der Waals surface area contributed by atoms with Crippen LogP contribution in [-0.4, -0.2) is 135 Å². The molecule has 9 heteroatoms. The first kappa shape index (κ1) is 74.4. The molecule has 0 spiro atoms. The molecular formula is C65H133N5O4. The van der Waals surface area contributed by atoms with Crippen molar-refractivity contribution in [1.82, 2.24) is 24.5 Å². The van der Waals surface area contributed by atoms with E-state index in [-0.39, 0.29) is 11.9 Å². The maximum Gasteiger partial charge on any atom is 0.305 e. The Labute approximate surface area is 463 Å². The van der Waals surface area contributed by atoms with Crippen LogP contribution in [-0.2, 0) is 19.1 Å². The van der Waals surface area contributed by atoms with Crippen LogP contribution in [0.4, 0.5) is 0 Å². The van der Waals surface area contributed by atoms with E-state index < -0.39 is 0 Å². The van der Waals surface area contributed by atoms with Crippen LogP contribution >= 0.6 is 0 Å². The van der Waals surface area contributed by atoms with Crippen molar-refractivity contribution in [1.29, 1.82) is 0 Å². The fourth-order valence-electron chi connectivity index (χ4n) is 9.94. The van der Waals surface area contributed by atoms with Crippen molar-refractivity contribution in [3.05, 3.63) is 0 Å². The lowest BCUT2D eigenvalue weighted by atomic mass is 10.1. The van der Waals surface area contributed by atoms with E-state index in [0.29, 0.717) is 32.7 Å². The van der Waals surface area contributed by atoms with Gasteiger partial charge in [0.15, 0.2) is 0 Å². The van der Waals surface area contributed by atoms with Gasteiger partial charge in [0.2, 0.25) is 12.3 Å². The molecule has 0 aliphatic carbocycles. The Bertz CT molecular complexity index is 1110. The highest BCUT2D eigenvalue weighted by Crippen LogP contribution is 2.15. The van der Waals surface area contributed by atoms with E-state index >= 15 is 0 Å². The molecule has 0 aliphatic rings. The molecule has 0 saturated heterocycles. The van der Waals surface area contributed by atoms with E-state index in [1.54, 1.807) is 16.8 Å². The first-order chi connectivity index (χ1) is 36.2. The molecule has 442 valence electrons. The van der Waals surface area contributed by atoms with Gasteiger partial charge < -0.3 is 24.3 Å². The lowest BCUT2D eigenvalue weighted by Crippen LogP contribution is -2.44. The summed E-state index contributed by atoms with van der Waals surface area (Å²) in [4.78, 5) is 46.9. The fraction of sp³-hybridized carbons (Fsp3) is 0.954. The van der Waals surface area contributed by atoms with Crippen molar-refractivity contribution in [2.24, 2.45) is 0 Å². The lowest BCUT2D eigenvalue weighted by molar-refractivity contribution is -0.144. The summed E-state index contributed by atoms with van der Waals surface area (Å²) < 4.78 is 5.43. The third-order valence-corrected chi connectivity index (χ3v) is 15.4. The fourth-order valence-corrected chi connectivity index (χ4v) is 9.94. The number of ether oxygens (including phenoxy) is 1.